The van der Waals surface area contributed by atoms with Gasteiger partial charge in [-0.15, -0.1) is 0 Å². The summed E-state index contributed by atoms with van der Waals surface area (Å²) in [5.41, 5.74) is 5.00. The number of hydrogen-bond donors (Lipinski definition) is 2. The molecule has 4 heterocycles. The second-order valence-corrected chi connectivity index (χ2v) is 10.0. The maximum atomic E-state index is 13.3. The number of amides is 2. The molecule has 2 fully saturated rings. The molecule has 2 aliphatic rings. The molecule has 1 aliphatic heterocycles. The molecule has 1 saturated heterocycles. The highest BCUT2D eigenvalue weighted by molar-refractivity contribution is 5.99. The number of hydrogen-bond acceptors (Lipinski definition) is 5. The van der Waals surface area contributed by atoms with Crippen LogP contribution in [-0.2, 0) is 11.2 Å². The summed E-state index contributed by atoms with van der Waals surface area (Å²) in [6.07, 6.45) is 10.6. The molecule has 0 spiro atoms. The third-order valence-corrected chi connectivity index (χ3v) is 7.57. The Morgan fingerprint density at radius 3 is 2.86 bits per heavy atom. The molecule has 36 heavy (non-hydrogen) atoms. The van der Waals surface area contributed by atoms with E-state index in [-0.39, 0.29) is 23.9 Å². The van der Waals surface area contributed by atoms with Crippen LogP contribution in [0.25, 0.3) is 16.7 Å². The van der Waals surface area contributed by atoms with Gasteiger partial charge in [0.2, 0.25) is 5.91 Å². The van der Waals surface area contributed by atoms with Crippen molar-refractivity contribution in [2.24, 2.45) is 0 Å². The van der Waals surface area contributed by atoms with Gasteiger partial charge in [-0.05, 0) is 62.8 Å². The summed E-state index contributed by atoms with van der Waals surface area (Å²) < 4.78 is 1.74. The molecule has 1 saturated carbocycles. The Morgan fingerprint density at radius 2 is 2.00 bits per heavy atom. The number of H-pyrrole nitrogens is 1. The number of imidazole rings is 1. The number of aromatic amines is 1. The Labute approximate surface area is 209 Å². The van der Waals surface area contributed by atoms with Gasteiger partial charge in [0.05, 0.1) is 29.0 Å². The quantitative estimate of drug-likeness (QED) is 0.431. The lowest BCUT2D eigenvalue weighted by Gasteiger charge is -2.25. The van der Waals surface area contributed by atoms with Gasteiger partial charge in [-0.1, -0.05) is 18.9 Å². The van der Waals surface area contributed by atoms with Crippen molar-refractivity contribution in [3.05, 3.63) is 59.3 Å². The first-order valence-corrected chi connectivity index (χ1v) is 12.9. The molecule has 2 amide bonds. The summed E-state index contributed by atoms with van der Waals surface area (Å²) in [5, 5.41) is 7.65. The maximum Gasteiger partial charge on any atom is 0.256 e. The van der Waals surface area contributed by atoms with Crippen LogP contribution in [0.5, 0.6) is 0 Å². The average Bonchev–Trinajstić information content (AvgIpc) is 3.67. The normalized spacial score (nSPS) is 18.5. The highest BCUT2D eigenvalue weighted by Crippen LogP contribution is 2.33. The first kappa shape index (κ1) is 22.7. The van der Waals surface area contributed by atoms with E-state index in [9.17, 15) is 9.59 Å². The van der Waals surface area contributed by atoms with E-state index in [0.29, 0.717) is 24.1 Å². The number of benzene rings is 1. The smallest absolute Gasteiger partial charge is 0.256 e. The third-order valence-electron chi connectivity index (χ3n) is 7.57. The molecule has 186 valence electrons. The van der Waals surface area contributed by atoms with Gasteiger partial charge in [-0.3, -0.25) is 9.59 Å². The summed E-state index contributed by atoms with van der Waals surface area (Å²) in [7, 11) is 0. The Hall–Kier alpha value is -3.75. The largest absolute Gasteiger partial charge is 0.349 e. The Bertz CT molecular complexity index is 1430. The maximum absolute atomic E-state index is 13.3. The van der Waals surface area contributed by atoms with E-state index in [2.05, 4.69) is 31.4 Å². The SMILES string of the molecule is Cc1nc2ccc(CCC(=O)N3CCC[C@H]3c3ccnc4c(C(=O)NC5CCCC5)cnn34)cc2[nH]1. The number of aryl methyl sites for hydroxylation is 2. The van der Waals surface area contributed by atoms with E-state index in [0.717, 1.165) is 73.2 Å². The summed E-state index contributed by atoms with van der Waals surface area (Å²) >= 11 is 0. The van der Waals surface area contributed by atoms with Crippen molar-refractivity contribution >= 4 is 28.5 Å². The van der Waals surface area contributed by atoms with Crippen LogP contribution >= 0.6 is 0 Å². The van der Waals surface area contributed by atoms with E-state index >= 15 is 0 Å². The van der Waals surface area contributed by atoms with Gasteiger partial charge in [0, 0.05) is 25.2 Å². The monoisotopic (exact) mass is 485 g/mol. The lowest BCUT2D eigenvalue weighted by molar-refractivity contribution is -0.132. The van der Waals surface area contributed by atoms with Crippen molar-refractivity contribution in [2.45, 2.75) is 70.4 Å². The van der Waals surface area contributed by atoms with Gasteiger partial charge in [0.1, 0.15) is 11.4 Å². The van der Waals surface area contributed by atoms with Crippen molar-refractivity contribution in [1.82, 2.24) is 34.8 Å². The van der Waals surface area contributed by atoms with Crippen LogP contribution in [0, 0.1) is 6.92 Å². The Kier molecular flexibility index (Phi) is 5.91. The fourth-order valence-electron chi connectivity index (χ4n) is 5.76. The van der Waals surface area contributed by atoms with Gasteiger partial charge in [-0.25, -0.2) is 14.5 Å². The number of rotatable bonds is 6. The standard InChI is InChI=1S/C27H31N7O2/c1-17-30-21-10-8-18(15-22(21)31-17)9-11-25(35)33-14-4-7-23(33)24-12-13-28-26-20(16-29-34(24)26)27(36)32-19-5-2-3-6-19/h8,10,12-13,15-16,19,23H,2-7,9,11,14H2,1H3,(H,30,31)(H,32,36)/t23-/m0/s1. The Balaban J connectivity index is 1.18. The molecule has 0 radical (unpaired) electrons. The van der Waals surface area contributed by atoms with E-state index in [4.69, 9.17) is 0 Å². The lowest BCUT2D eigenvalue weighted by Crippen LogP contribution is -2.33. The predicted octanol–water partition coefficient (Wildman–Crippen LogP) is 3.88. The van der Waals surface area contributed by atoms with Crippen LogP contribution in [0.1, 0.15) is 78.4 Å². The van der Waals surface area contributed by atoms with Crippen molar-refractivity contribution in [3.8, 4) is 0 Å². The van der Waals surface area contributed by atoms with Crippen LogP contribution in [0.2, 0.25) is 0 Å². The molecule has 4 aromatic rings. The Morgan fingerprint density at radius 1 is 1.14 bits per heavy atom. The first-order valence-electron chi connectivity index (χ1n) is 12.9. The van der Waals surface area contributed by atoms with E-state index in [1.807, 2.05) is 30.0 Å². The summed E-state index contributed by atoms with van der Waals surface area (Å²) in [4.78, 5) is 40.4. The van der Waals surface area contributed by atoms with Crippen LogP contribution in [-0.4, -0.2) is 53.9 Å². The van der Waals surface area contributed by atoms with Gasteiger partial charge >= 0.3 is 0 Å². The zero-order chi connectivity index (χ0) is 24.6. The molecule has 1 aliphatic carbocycles. The molecule has 0 unspecified atom stereocenters. The number of carbonyl (C=O) groups excluding carboxylic acids is 2. The fourth-order valence-corrected chi connectivity index (χ4v) is 5.76. The van der Waals surface area contributed by atoms with Crippen molar-refractivity contribution in [3.63, 3.8) is 0 Å². The molecule has 1 atom stereocenters. The van der Waals surface area contributed by atoms with Gasteiger partial charge < -0.3 is 15.2 Å². The minimum Gasteiger partial charge on any atom is -0.349 e. The highest BCUT2D eigenvalue weighted by Gasteiger charge is 2.32. The van der Waals surface area contributed by atoms with Crippen molar-refractivity contribution in [2.75, 3.05) is 6.54 Å². The van der Waals surface area contributed by atoms with Crippen LogP contribution < -0.4 is 5.32 Å². The molecule has 9 nitrogen and oxygen atoms in total. The highest BCUT2D eigenvalue weighted by atomic mass is 16.2. The molecule has 1 aromatic carbocycles. The second-order valence-electron chi connectivity index (χ2n) is 10.0. The van der Waals surface area contributed by atoms with Gasteiger partial charge in [-0.2, -0.15) is 5.10 Å². The fraction of sp³-hybridized carbons (Fsp3) is 0.444. The summed E-state index contributed by atoms with van der Waals surface area (Å²) in [6, 6.07) is 8.21. The van der Waals surface area contributed by atoms with Gasteiger partial charge in [0.15, 0.2) is 5.65 Å². The van der Waals surface area contributed by atoms with E-state index in [1.165, 1.54) is 0 Å². The zero-order valence-corrected chi connectivity index (χ0v) is 20.5. The zero-order valence-electron chi connectivity index (χ0n) is 20.5. The van der Waals surface area contributed by atoms with Crippen molar-refractivity contribution in [1.29, 1.82) is 0 Å². The number of nitrogens with zero attached hydrogens (tertiary/aromatic N) is 5. The van der Waals surface area contributed by atoms with E-state index in [1.54, 1.807) is 16.9 Å². The predicted molar refractivity (Wildman–Crippen MR) is 136 cm³/mol. The number of fused-ring (bicyclic) bond motifs is 2. The first-order chi connectivity index (χ1) is 17.6. The van der Waals surface area contributed by atoms with Crippen LogP contribution in [0.15, 0.2) is 36.7 Å². The van der Waals surface area contributed by atoms with Crippen LogP contribution in [0.3, 0.4) is 0 Å². The minimum atomic E-state index is -0.120. The molecular weight excluding hydrogens is 454 g/mol. The number of likely N-dealkylation sites (tertiary alicyclic amines) is 1. The summed E-state index contributed by atoms with van der Waals surface area (Å²) in [5.74, 6) is 0.902. The molecule has 2 N–H and O–H groups in total. The second kappa shape index (κ2) is 9.37. The minimum absolute atomic E-state index is 0.0774. The van der Waals surface area contributed by atoms with E-state index < -0.39 is 0 Å². The number of carbonyl (C=O) groups is 2. The summed E-state index contributed by atoms with van der Waals surface area (Å²) in [6.45, 7) is 2.67. The molecule has 3 aromatic heterocycles. The van der Waals surface area contributed by atoms with Crippen molar-refractivity contribution < 1.29 is 9.59 Å². The number of nitrogens with one attached hydrogen (secondary N) is 2. The topological polar surface area (TPSA) is 108 Å². The molecular formula is C27H31N7O2. The molecule has 9 heteroatoms. The lowest BCUT2D eigenvalue weighted by atomic mass is 10.1. The molecule has 0 bridgehead atoms. The average molecular weight is 486 g/mol. The number of aromatic nitrogens is 5. The molecule has 6 rings (SSSR count). The van der Waals surface area contributed by atoms with Gasteiger partial charge in [0.25, 0.3) is 5.91 Å². The third kappa shape index (κ3) is 4.23. The van der Waals surface area contributed by atoms with Crippen LogP contribution in [0.4, 0.5) is 0 Å².